The molecule has 1 aromatic carbocycles. The largest absolute Gasteiger partial charge is 0.479 e. The van der Waals surface area contributed by atoms with Gasteiger partial charge >= 0.3 is 5.97 Å². The first kappa shape index (κ1) is 17.1. The highest BCUT2D eigenvalue weighted by molar-refractivity contribution is 5.80. The fourth-order valence-electron chi connectivity index (χ4n) is 3.73. The van der Waals surface area contributed by atoms with Gasteiger partial charge in [-0.3, -0.25) is 0 Å². The molecule has 0 spiro atoms. The molecule has 24 heavy (non-hydrogen) atoms. The minimum atomic E-state index is -2.11. The monoisotopic (exact) mass is 332 g/mol. The van der Waals surface area contributed by atoms with E-state index < -0.39 is 30.2 Å². The summed E-state index contributed by atoms with van der Waals surface area (Å²) >= 11 is 0. The molecule has 2 aliphatic carbocycles. The van der Waals surface area contributed by atoms with Crippen molar-refractivity contribution in [2.75, 3.05) is 0 Å². The molecule has 0 saturated carbocycles. The summed E-state index contributed by atoms with van der Waals surface area (Å²) in [7, 11) is 0. The first-order valence-corrected chi connectivity index (χ1v) is 8.53. The Kier molecular flexibility index (Phi) is 4.76. The molecular formula is C19H24O5. The number of aliphatic hydroxyl groups is 3. The van der Waals surface area contributed by atoms with E-state index in [4.69, 9.17) is 5.11 Å². The number of rotatable bonds is 4. The smallest absolute Gasteiger partial charge is 0.339 e. The Hall–Kier alpha value is -1.69. The normalized spacial score (nSPS) is 29.7. The van der Waals surface area contributed by atoms with Gasteiger partial charge in [-0.1, -0.05) is 18.2 Å². The number of carbonyl (C=O) groups is 1. The molecule has 5 heteroatoms. The zero-order chi connectivity index (χ0) is 17.3. The zero-order valence-electron chi connectivity index (χ0n) is 13.6. The van der Waals surface area contributed by atoms with Gasteiger partial charge in [-0.2, -0.15) is 0 Å². The van der Waals surface area contributed by atoms with Crippen LogP contribution in [-0.2, 0) is 24.1 Å². The number of hydrogen-bond donors (Lipinski definition) is 4. The molecule has 4 N–H and O–H groups in total. The van der Waals surface area contributed by atoms with E-state index in [0.29, 0.717) is 18.4 Å². The van der Waals surface area contributed by atoms with Crippen LogP contribution in [0, 0.1) is 0 Å². The van der Waals surface area contributed by atoms with Crippen molar-refractivity contribution in [2.45, 2.75) is 62.8 Å². The van der Waals surface area contributed by atoms with Crippen molar-refractivity contribution in [1.29, 1.82) is 0 Å². The van der Waals surface area contributed by atoms with Crippen LogP contribution in [0.5, 0.6) is 0 Å². The van der Waals surface area contributed by atoms with E-state index in [2.05, 4.69) is 18.2 Å². The average Bonchev–Trinajstić information content (AvgIpc) is 2.56. The SMILES string of the molecule is O=C(O)[C@]1(O)C=C(CCc2ccc3c(c2)CCCC3)[C@@H](O)[C@H](O)C1. The molecular weight excluding hydrogens is 308 g/mol. The molecule has 3 atom stereocenters. The zero-order valence-corrected chi connectivity index (χ0v) is 13.6. The van der Waals surface area contributed by atoms with E-state index in [1.165, 1.54) is 30.0 Å². The van der Waals surface area contributed by atoms with Gasteiger partial charge in [0.15, 0.2) is 5.60 Å². The predicted octanol–water partition coefficient (Wildman–Crippen LogP) is 1.37. The minimum absolute atomic E-state index is 0.386. The summed E-state index contributed by atoms with van der Waals surface area (Å²) in [5, 5.41) is 39.2. The number of aliphatic hydroxyl groups excluding tert-OH is 2. The lowest BCUT2D eigenvalue weighted by atomic mass is 9.81. The summed E-state index contributed by atoms with van der Waals surface area (Å²) in [5.74, 6) is -1.40. The van der Waals surface area contributed by atoms with Gasteiger partial charge in [0, 0.05) is 6.42 Å². The van der Waals surface area contributed by atoms with E-state index in [0.717, 1.165) is 18.4 Å². The Labute approximate surface area is 141 Å². The molecule has 0 fully saturated rings. The van der Waals surface area contributed by atoms with Gasteiger partial charge in [-0.25, -0.2) is 4.79 Å². The quantitative estimate of drug-likeness (QED) is 0.624. The molecule has 130 valence electrons. The maximum Gasteiger partial charge on any atom is 0.339 e. The van der Waals surface area contributed by atoms with Crippen LogP contribution in [0.4, 0.5) is 0 Å². The van der Waals surface area contributed by atoms with Crippen LogP contribution in [0.2, 0.25) is 0 Å². The first-order chi connectivity index (χ1) is 11.4. The molecule has 1 aromatic rings. The number of fused-ring (bicyclic) bond motifs is 1. The standard InChI is InChI=1S/C19H24O5/c20-16-11-19(24,18(22)23)10-15(17(16)21)8-6-12-5-7-13-3-1-2-4-14(13)9-12/h5,7,9-10,16-17,20-21,24H,1-4,6,8,11H2,(H,22,23)/t16-,17-,19+/m1/s1. The molecule has 0 radical (unpaired) electrons. The molecule has 2 aliphatic rings. The van der Waals surface area contributed by atoms with E-state index >= 15 is 0 Å². The summed E-state index contributed by atoms with van der Waals surface area (Å²) in [5.41, 5.74) is 2.18. The summed E-state index contributed by atoms with van der Waals surface area (Å²) in [4.78, 5) is 11.2. The Morgan fingerprint density at radius 2 is 1.83 bits per heavy atom. The highest BCUT2D eigenvalue weighted by Gasteiger charge is 2.43. The number of benzene rings is 1. The Bertz CT molecular complexity index is 666. The van der Waals surface area contributed by atoms with E-state index in [9.17, 15) is 20.1 Å². The third-order valence-corrected chi connectivity index (χ3v) is 5.17. The van der Waals surface area contributed by atoms with Gasteiger partial charge in [0.2, 0.25) is 0 Å². The Balaban J connectivity index is 1.75. The number of aryl methyl sites for hydroxylation is 3. The lowest BCUT2D eigenvalue weighted by Gasteiger charge is -2.33. The van der Waals surface area contributed by atoms with E-state index in [1.807, 2.05) is 0 Å². The van der Waals surface area contributed by atoms with Crippen LogP contribution in [0.3, 0.4) is 0 Å². The molecule has 0 unspecified atom stereocenters. The van der Waals surface area contributed by atoms with Crippen LogP contribution in [-0.4, -0.2) is 44.2 Å². The van der Waals surface area contributed by atoms with Crippen molar-refractivity contribution >= 4 is 5.97 Å². The van der Waals surface area contributed by atoms with Crippen molar-refractivity contribution in [2.24, 2.45) is 0 Å². The maximum atomic E-state index is 11.2. The van der Waals surface area contributed by atoms with E-state index in [-0.39, 0.29) is 0 Å². The summed E-state index contributed by atoms with van der Waals surface area (Å²) in [6.45, 7) is 0. The van der Waals surface area contributed by atoms with Crippen molar-refractivity contribution in [3.63, 3.8) is 0 Å². The Morgan fingerprint density at radius 3 is 2.54 bits per heavy atom. The lowest BCUT2D eigenvalue weighted by Crippen LogP contribution is -2.48. The van der Waals surface area contributed by atoms with Crippen molar-refractivity contribution in [3.05, 3.63) is 46.5 Å². The molecule has 0 heterocycles. The van der Waals surface area contributed by atoms with Gasteiger partial charge in [-0.05, 0) is 66.9 Å². The third-order valence-electron chi connectivity index (χ3n) is 5.17. The minimum Gasteiger partial charge on any atom is -0.479 e. The van der Waals surface area contributed by atoms with Gasteiger partial charge in [0.05, 0.1) is 6.10 Å². The molecule has 0 amide bonds. The highest BCUT2D eigenvalue weighted by atomic mass is 16.4. The topological polar surface area (TPSA) is 98.0 Å². The van der Waals surface area contributed by atoms with Crippen molar-refractivity contribution in [1.82, 2.24) is 0 Å². The van der Waals surface area contributed by atoms with Crippen LogP contribution in [0.1, 0.15) is 42.4 Å². The molecule has 0 aromatic heterocycles. The second kappa shape index (κ2) is 6.67. The van der Waals surface area contributed by atoms with Gasteiger partial charge in [0.1, 0.15) is 6.10 Å². The second-order valence-electron chi connectivity index (χ2n) is 6.98. The molecule has 0 aliphatic heterocycles. The fraction of sp³-hybridized carbons (Fsp3) is 0.526. The van der Waals surface area contributed by atoms with Gasteiger partial charge in [0.25, 0.3) is 0 Å². The maximum absolute atomic E-state index is 11.2. The average molecular weight is 332 g/mol. The summed E-state index contributed by atoms with van der Waals surface area (Å²) in [6.07, 6.45) is 4.11. The number of hydrogen-bond acceptors (Lipinski definition) is 4. The first-order valence-electron chi connectivity index (χ1n) is 8.53. The van der Waals surface area contributed by atoms with Crippen LogP contribution in [0.25, 0.3) is 0 Å². The van der Waals surface area contributed by atoms with Crippen LogP contribution in [0.15, 0.2) is 29.8 Å². The number of aliphatic carboxylic acids is 1. The van der Waals surface area contributed by atoms with Crippen molar-refractivity contribution < 1.29 is 25.2 Å². The molecule has 5 nitrogen and oxygen atoms in total. The second-order valence-corrected chi connectivity index (χ2v) is 6.98. The Morgan fingerprint density at radius 1 is 1.12 bits per heavy atom. The number of carboxylic acid groups (broad SMARTS) is 1. The van der Waals surface area contributed by atoms with Crippen LogP contribution >= 0.6 is 0 Å². The van der Waals surface area contributed by atoms with Crippen molar-refractivity contribution in [3.8, 4) is 0 Å². The molecule has 3 rings (SSSR count). The van der Waals surface area contributed by atoms with Crippen LogP contribution < -0.4 is 0 Å². The van der Waals surface area contributed by atoms with Gasteiger partial charge < -0.3 is 20.4 Å². The lowest BCUT2D eigenvalue weighted by molar-refractivity contribution is -0.158. The molecule has 0 saturated heterocycles. The number of carboxylic acids is 1. The van der Waals surface area contributed by atoms with Gasteiger partial charge in [-0.15, -0.1) is 0 Å². The fourth-order valence-corrected chi connectivity index (χ4v) is 3.73. The predicted molar refractivity (Wildman–Crippen MR) is 88.7 cm³/mol. The summed E-state index contributed by atoms with van der Waals surface area (Å²) < 4.78 is 0. The third kappa shape index (κ3) is 3.38. The highest BCUT2D eigenvalue weighted by Crippen LogP contribution is 2.31. The van der Waals surface area contributed by atoms with E-state index in [1.54, 1.807) is 0 Å². The summed E-state index contributed by atoms with van der Waals surface area (Å²) in [6, 6.07) is 6.40. The molecule has 0 bridgehead atoms.